The average Bonchev–Trinajstić information content (AvgIpc) is 2.83. The largest absolute Gasteiger partial charge is 0.329 e. The molecule has 1 aromatic carbocycles. The van der Waals surface area contributed by atoms with E-state index in [2.05, 4.69) is 47.4 Å². The van der Waals surface area contributed by atoms with Gasteiger partial charge in [-0.1, -0.05) is 30.3 Å². The van der Waals surface area contributed by atoms with E-state index in [1.54, 1.807) is 0 Å². The Labute approximate surface area is 127 Å². The molecule has 0 saturated carbocycles. The normalized spacial score (nSPS) is 10.6. The minimum atomic E-state index is 0. The van der Waals surface area contributed by atoms with Crippen molar-refractivity contribution in [1.29, 1.82) is 0 Å². The first-order valence-corrected chi connectivity index (χ1v) is 6.73. The van der Waals surface area contributed by atoms with Crippen LogP contribution in [0.1, 0.15) is 11.1 Å². The van der Waals surface area contributed by atoms with Crippen LogP contribution in [0.25, 0.3) is 0 Å². The van der Waals surface area contributed by atoms with E-state index in [-0.39, 0.29) is 12.4 Å². The van der Waals surface area contributed by atoms with Gasteiger partial charge < -0.3 is 5.73 Å². The van der Waals surface area contributed by atoms with Gasteiger partial charge in [0.2, 0.25) is 0 Å². The van der Waals surface area contributed by atoms with Crippen LogP contribution in [0.2, 0.25) is 0 Å². The van der Waals surface area contributed by atoms with Crippen molar-refractivity contribution in [3.63, 3.8) is 0 Å². The molecule has 20 heavy (non-hydrogen) atoms. The lowest BCUT2D eigenvalue weighted by Gasteiger charge is -2.21. The Morgan fingerprint density at radius 3 is 2.55 bits per heavy atom. The highest BCUT2D eigenvalue weighted by molar-refractivity contribution is 5.85. The smallest absolute Gasteiger partial charge is 0.0536 e. The molecule has 0 atom stereocenters. The molecule has 0 aliphatic rings. The predicted octanol–water partition coefficient (Wildman–Crippen LogP) is 2.07. The molecule has 1 aromatic heterocycles. The first-order chi connectivity index (χ1) is 9.28. The van der Waals surface area contributed by atoms with Gasteiger partial charge in [-0.25, -0.2) is 0 Å². The van der Waals surface area contributed by atoms with Gasteiger partial charge in [-0.15, -0.1) is 12.4 Å². The van der Waals surface area contributed by atoms with Gasteiger partial charge in [0.1, 0.15) is 0 Å². The number of nitrogens with zero attached hydrogens (tertiary/aromatic N) is 3. The Bertz CT molecular complexity index is 484. The predicted molar refractivity (Wildman–Crippen MR) is 85.0 cm³/mol. The van der Waals surface area contributed by atoms with Gasteiger partial charge in [0.25, 0.3) is 0 Å². The minimum Gasteiger partial charge on any atom is -0.329 e. The molecule has 0 unspecified atom stereocenters. The Morgan fingerprint density at radius 2 is 1.95 bits per heavy atom. The van der Waals surface area contributed by atoms with E-state index >= 15 is 0 Å². The molecule has 0 aliphatic heterocycles. The molecule has 5 heteroatoms. The van der Waals surface area contributed by atoms with Crippen molar-refractivity contribution in [3.8, 4) is 0 Å². The zero-order chi connectivity index (χ0) is 13.5. The third-order valence-electron chi connectivity index (χ3n) is 3.10. The highest BCUT2D eigenvalue weighted by atomic mass is 35.5. The molecule has 2 N–H and O–H groups in total. The van der Waals surface area contributed by atoms with Crippen molar-refractivity contribution in [2.24, 2.45) is 5.73 Å². The third-order valence-corrected chi connectivity index (χ3v) is 3.10. The van der Waals surface area contributed by atoms with E-state index in [1.165, 1.54) is 11.1 Å². The van der Waals surface area contributed by atoms with Crippen molar-refractivity contribution < 1.29 is 0 Å². The van der Waals surface area contributed by atoms with E-state index in [4.69, 9.17) is 5.73 Å². The fourth-order valence-electron chi connectivity index (χ4n) is 2.13. The maximum absolute atomic E-state index is 5.69. The number of hydrogen-bond donors (Lipinski definition) is 1. The van der Waals surface area contributed by atoms with Gasteiger partial charge in [-0.2, -0.15) is 5.10 Å². The lowest BCUT2D eigenvalue weighted by Crippen LogP contribution is -2.32. The summed E-state index contributed by atoms with van der Waals surface area (Å²) in [4.78, 5) is 2.37. The van der Waals surface area contributed by atoms with Crippen LogP contribution in [0.5, 0.6) is 0 Å². The van der Waals surface area contributed by atoms with Gasteiger partial charge in [-0.3, -0.25) is 9.58 Å². The molecular formula is C15H23ClN4. The van der Waals surface area contributed by atoms with Gasteiger partial charge in [0, 0.05) is 32.4 Å². The van der Waals surface area contributed by atoms with Crippen LogP contribution >= 0.6 is 12.4 Å². The lowest BCUT2D eigenvalue weighted by molar-refractivity contribution is 0.257. The SMILES string of the molecule is Cc1cnn(CCN(CCN)Cc2ccccc2)c1.Cl. The van der Waals surface area contributed by atoms with E-state index in [0.717, 1.165) is 26.2 Å². The van der Waals surface area contributed by atoms with Gasteiger partial charge >= 0.3 is 0 Å². The maximum Gasteiger partial charge on any atom is 0.0536 e. The summed E-state index contributed by atoms with van der Waals surface area (Å²) in [6, 6.07) is 10.5. The zero-order valence-electron chi connectivity index (χ0n) is 11.9. The molecule has 0 fully saturated rings. The second-order valence-electron chi connectivity index (χ2n) is 4.83. The zero-order valence-corrected chi connectivity index (χ0v) is 12.7. The van der Waals surface area contributed by atoms with Crippen LogP contribution in [0.3, 0.4) is 0 Å². The molecule has 2 aromatic rings. The summed E-state index contributed by atoms with van der Waals surface area (Å²) in [5.74, 6) is 0. The minimum absolute atomic E-state index is 0. The third kappa shape index (κ3) is 5.33. The molecular weight excluding hydrogens is 272 g/mol. The van der Waals surface area contributed by atoms with Crippen molar-refractivity contribution in [2.45, 2.75) is 20.0 Å². The van der Waals surface area contributed by atoms with Crippen molar-refractivity contribution in [2.75, 3.05) is 19.6 Å². The molecule has 0 aliphatic carbocycles. The topological polar surface area (TPSA) is 47.1 Å². The molecule has 0 radical (unpaired) electrons. The summed E-state index contributed by atoms with van der Waals surface area (Å²) in [6.45, 7) is 6.47. The van der Waals surface area contributed by atoms with Crippen LogP contribution in [0.15, 0.2) is 42.7 Å². The van der Waals surface area contributed by atoms with Crippen LogP contribution < -0.4 is 5.73 Å². The molecule has 2 rings (SSSR count). The highest BCUT2D eigenvalue weighted by Crippen LogP contribution is 2.04. The fourth-order valence-corrected chi connectivity index (χ4v) is 2.13. The van der Waals surface area contributed by atoms with Gasteiger partial charge in [-0.05, 0) is 18.1 Å². The molecule has 0 saturated heterocycles. The molecule has 110 valence electrons. The first kappa shape index (κ1) is 16.7. The van der Waals surface area contributed by atoms with E-state index in [9.17, 15) is 0 Å². The number of aromatic nitrogens is 2. The summed E-state index contributed by atoms with van der Waals surface area (Å²) < 4.78 is 1.99. The number of rotatable bonds is 7. The second-order valence-corrected chi connectivity index (χ2v) is 4.83. The van der Waals surface area contributed by atoms with Crippen LogP contribution in [0.4, 0.5) is 0 Å². The first-order valence-electron chi connectivity index (χ1n) is 6.73. The Hall–Kier alpha value is -1.36. The summed E-state index contributed by atoms with van der Waals surface area (Å²) in [6.07, 6.45) is 3.97. The second kappa shape index (κ2) is 8.74. The average molecular weight is 295 g/mol. The van der Waals surface area contributed by atoms with Crippen molar-refractivity contribution >= 4 is 12.4 Å². The fraction of sp³-hybridized carbons (Fsp3) is 0.400. The van der Waals surface area contributed by atoms with Crippen LogP contribution in [0, 0.1) is 6.92 Å². The monoisotopic (exact) mass is 294 g/mol. The quantitative estimate of drug-likeness (QED) is 0.850. The molecule has 0 amide bonds. The molecule has 4 nitrogen and oxygen atoms in total. The summed E-state index contributed by atoms with van der Waals surface area (Å²) in [5.41, 5.74) is 8.22. The Balaban J connectivity index is 0.00000200. The number of hydrogen-bond acceptors (Lipinski definition) is 3. The maximum atomic E-state index is 5.69. The van der Waals surface area contributed by atoms with Crippen LogP contribution in [-0.4, -0.2) is 34.3 Å². The summed E-state index contributed by atoms with van der Waals surface area (Å²) >= 11 is 0. The number of benzene rings is 1. The molecule has 1 heterocycles. The van der Waals surface area contributed by atoms with Crippen molar-refractivity contribution in [3.05, 3.63) is 53.9 Å². The highest BCUT2D eigenvalue weighted by Gasteiger charge is 2.05. The number of nitrogens with two attached hydrogens (primary N) is 1. The number of halogens is 1. The molecule has 0 spiro atoms. The van der Waals surface area contributed by atoms with E-state index < -0.39 is 0 Å². The van der Waals surface area contributed by atoms with E-state index in [0.29, 0.717) is 6.54 Å². The van der Waals surface area contributed by atoms with Gasteiger partial charge in [0.05, 0.1) is 12.7 Å². The van der Waals surface area contributed by atoms with Gasteiger partial charge in [0.15, 0.2) is 0 Å². The van der Waals surface area contributed by atoms with Crippen LogP contribution in [-0.2, 0) is 13.1 Å². The summed E-state index contributed by atoms with van der Waals surface area (Å²) in [7, 11) is 0. The van der Waals surface area contributed by atoms with Crippen molar-refractivity contribution in [1.82, 2.24) is 14.7 Å². The van der Waals surface area contributed by atoms with E-state index in [1.807, 2.05) is 16.9 Å². The standard InChI is InChI=1S/C15H22N4.ClH/c1-14-11-17-19(12-14)10-9-18(8-7-16)13-15-5-3-2-4-6-15;/h2-6,11-12H,7-10,13,16H2,1H3;1H. The summed E-state index contributed by atoms with van der Waals surface area (Å²) in [5, 5.41) is 4.31. The lowest BCUT2D eigenvalue weighted by atomic mass is 10.2. The molecule has 0 bridgehead atoms. The Kier molecular flexibility index (Phi) is 7.30. The Morgan fingerprint density at radius 1 is 1.20 bits per heavy atom. The number of aryl methyl sites for hydroxylation is 1.